The number of carbonyl (C=O) groups excluding carboxylic acids is 1. The van der Waals surface area contributed by atoms with Crippen molar-refractivity contribution in [1.82, 2.24) is 10.1 Å². The van der Waals surface area contributed by atoms with Crippen molar-refractivity contribution in [1.29, 1.82) is 0 Å². The molecule has 0 N–H and O–H groups in total. The maximum absolute atomic E-state index is 12.8. The molecule has 22 heavy (non-hydrogen) atoms. The van der Waals surface area contributed by atoms with Gasteiger partial charge >= 0.3 is 0 Å². The molecule has 0 aromatic carbocycles. The smallest absolute Gasteiger partial charge is 0.276 e. The molecule has 2 fully saturated rings. The molecule has 1 saturated heterocycles. The van der Waals surface area contributed by atoms with Crippen LogP contribution in [0.2, 0.25) is 0 Å². The molecule has 1 aliphatic carbocycles. The van der Waals surface area contributed by atoms with Crippen LogP contribution in [0.1, 0.15) is 36.2 Å². The van der Waals surface area contributed by atoms with Gasteiger partial charge in [0.2, 0.25) is 5.76 Å². The number of carbonyl (C=O) groups is 1. The summed E-state index contributed by atoms with van der Waals surface area (Å²) in [4.78, 5) is 14.7. The molecule has 1 amide bonds. The summed E-state index contributed by atoms with van der Waals surface area (Å²) in [6.07, 6.45) is 6.08. The number of furan rings is 1. The van der Waals surface area contributed by atoms with Crippen LogP contribution in [-0.2, 0) is 4.74 Å². The predicted octanol–water partition coefficient (Wildman–Crippen LogP) is 2.72. The SMILES string of the molecule is O=C(c1cc(-c2ccco2)on1)N1CCO[C@@H]2CCCC[C@@H]21. The lowest BCUT2D eigenvalue weighted by Crippen LogP contribution is -2.54. The van der Waals surface area contributed by atoms with E-state index in [2.05, 4.69) is 5.16 Å². The highest BCUT2D eigenvalue weighted by atomic mass is 16.5. The first-order valence-corrected chi connectivity index (χ1v) is 7.76. The quantitative estimate of drug-likeness (QED) is 0.853. The summed E-state index contributed by atoms with van der Waals surface area (Å²) >= 11 is 0. The maximum Gasteiger partial charge on any atom is 0.276 e. The molecule has 2 aromatic rings. The molecule has 2 aromatic heterocycles. The van der Waals surface area contributed by atoms with Gasteiger partial charge < -0.3 is 18.6 Å². The van der Waals surface area contributed by atoms with E-state index in [1.807, 2.05) is 4.90 Å². The van der Waals surface area contributed by atoms with Crippen LogP contribution in [0.3, 0.4) is 0 Å². The molecule has 6 heteroatoms. The van der Waals surface area contributed by atoms with Crippen molar-refractivity contribution >= 4 is 5.91 Å². The Morgan fingerprint density at radius 3 is 3.05 bits per heavy atom. The first-order chi connectivity index (χ1) is 10.8. The standard InChI is InChI=1S/C16H18N2O4/c19-16(11-10-15(22-17-11)14-6-3-8-20-14)18-7-9-21-13-5-2-1-4-12(13)18/h3,6,8,10,12-13H,1-2,4-5,7,9H2/t12-,13+/m0/s1. The second kappa shape index (κ2) is 5.61. The number of morpholine rings is 1. The molecule has 6 nitrogen and oxygen atoms in total. The molecule has 0 spiro atoms. The first-order valence-electron chi connectivity index (χ1n) is 7.76. The highest BCUT2D eigenvalue weighted by molar-refractivity contribution is 5.93. The largest absolute Gasteiger partial charge is 0.461 e. The van der Waals surface area contributed by atoms with Crippen molar-refractivity contribution in [2.24, 2.45) is 0 Å². The van der Waals surface area contributed by atoms with Gasteiger partial charge in [0, 0.05) is 12.6 Å². The number of ether oxygens (including phenoxy) is 1. The molecular weight excluding hydrogens is 284 g/mol. The van der Waals surface area contributed by atoms with E-state index < -0.39 is 0 Å². The molecule has 2 atom stereocenters. The fourth-order valence-electron chi connectivity index (χ4n) is 3.41. The fourth-order valence-corrected chi connectivity index (χ4v) is 3.41. The number of rotatable bonds is 2. The Bertz CT molecular complexity index is 647. The highest BCUT2D eigenvalue weighted by Gasteiger charge is 2.37. The van der Waals surface area contributed by atoms with Crippen molar-refractivity contribution in [3.05, 3.63) is 30.2 Å². The zero-order valence-corrected chi connectivity index (χ0v) is 12.2. The lowest BCUT2D eigenvalue weighted by molar-refractivity contribution is -0.0755. The molecular formula is C16H18N2O4. The number of hydrogen-bond acceptors (Lipinski definition) is 5. The lowest BCUT2D eigenvalue weighted by atomic mass is 9.90. The summed E-state index contributed by atoms with van der Waals surface area (Å²) in [5.74, 6) is 0.965. The van der Waals surface area contributed by atoms with Gasteiger partial charge in [0.15, 0.2) is 11.5 Å². The molecule has 3 heterocycles. The maximum atomic E-state index is 12.8. The summed E-state index contributed by atoms with van der Waals surface area (Å²) in [5, 5.41) is 3.92. The van der Waals surface area contributed by atoms with Crippen LogP contribution in [0, 0.1) is 0 Å². The summed E-state index contributed by atoms with van der Waals surface area (Å²) in [5.41, 5.74) is 0.331. The Balaban J connectivity index is 1.56. The van der Waals surface area contributed by atoms with Crippen LogP contribution in [0.25, 0.3) is 11.5 Å². The molecule has 1 saturated carbocycles. The normalized spacial score (nSPS) is 25.0. The van der Waals surface area contributed by atoms with Crippen molar-refractivity contribution in [2.75, 3.05) is 13.2 Å². The third-order valence-electron chi connectivity index (χ3n) is 4.49. The average Bonchev–Trinajstić information content (AvgIpc) is 3.24. The summed E-state index contributed by atoms with van der Waals surface area (Å²) in [6.45, 7) is 1.21. The van der Waals surface area contributed by atoms with Crippen LogP contribution in [0.5, 0.6) is 0 Å². The van der Waals surface area contributed by atoms with Crippen LogP contribution in [0.15, 0.2) is 33.4 Å². The van der Waals surface area contributed by atoms with Gasteiger partial charge in [-0.25, -0.2) is 0 Å². The minimum atomic E-state index is -0.0817. The Hall–Kier alpha value is -2.08. The van der Waals surface area contributed by atoms with E-state index in [0.29, 0.717) is 30.4 Å². The summed E-state index contributed by atoms with van der Waals surface area (Å²) in [7, 11) is 0. The Labute approximate surface area is 128 Å². The lowest BCUT2D eigenvalue weighted by Gasteiger charge is -2.43. The van der Waals surface area contributed by atoms with Crippen LogP contribution >= 0.6 is 0 Å². The zero-order valence-electron chi connectivity index (χ0n) is 12.2. The highest BCUT2D eigenvalue weighted by Crippen LogP contribution is 2.30. The summed E-state index contributed by atoms with van der Waals surface area (Å²) < 4.78 is 16.3. The minimum Gasteiger partial charge on any atom is -0.461 e. The van der Waals surface area contributed by atoms with Crippen LogP contribution < -0.4 is 0 Å². The molecule has 4 rings (SSSR count). The van der Waals surface area contributed by atoms with Crippen molar-refractivity contribution < 1.29 is 18.5 Å². The Kier molecular flexibility index (Phi) is 3.46. The zero-order chi connectivity index (χ0) is 14.9. The average molecular weight is 302 g/mol. The monoisotopic (exact) mass is 302 g/mol. The second-order valence-electron chi connectivity index (χ2n) is 5.81. The third kappa shape index (κ3) is 2.33. The molecule has 0 unspecified atom stereocenters. The number of hydrogen-bond donors (Lipinski definition) is 0. The van der Waals surface area contributed by atoms with Gasteiger partial charge in [-0.15, -0.1) is 0 Å². The Morgan fingerprint density at radius 2 is 2.18 bits per heavy atom. The number of amides is 1. The van der Waals surface area contributed by atoms with E-state index in [1.54, 1.807) is 24.5 Å². The fraction of sp³-hybridized carbons (Fsp3) is 0.500. The van der Waals surface area contributed by atoms with Gasteiger partial charge in [0.25, 0.3) is 5.91 Å². The van der Waals surface area contributed by atoms with Gasteiger partial charge in [-0.05, 0) is 25.0 Å². The number of aromatic nitrogens is 1. The first kappa shape index (κ1) is 13.6. The number of fused-ring (bicyclic) bond motifs is 1. The summed E-state index contributed by atoms with van der Waals surface area (Å²) in [6, 6.07) is 5.36. The van der Waals surface area contributed by atoms with Crippen LogP contribution in [-0.4, -0.2) is 41.3 Å². The van der Waals surface area contributed by atoms with Crippen molar-refractivity contribution in [3.63, 3.8) is 0 Å². The second-order valence-corrected chi connectivity index (χ2v) is 5.81. The van der Waals surface area contributed by atoms with Gasteiger partial charge in [0.1, 0.15) is 0 Å². The van der Waals surface area contributed by atoms with Gasteiger partial charge in [0.05, 0.1) is 25.0 Å². The molecule has 116 valence electrons. The molecule has 2 aliphatic rings. The van der Waals surface area contributed by atoms with E-state index >= 15 is 0 Å². The van der Waals surface area contributed by atoms with Gasteiger partial charge in [-0.1, -0.05) is 18.0 Å². The molecule has 0 radical (unpaired) electrons. The van der Waals surface area contributed by atoms with Gasteiger partial charge in [-0.2, -0.15) is 0 Å². The minimum absolute atomic E-state index is 0.0817. The molecule has 1 aliphatic heterocycles. The van der Waals surface area contributed by atoms with Crippen molar-refractivity contribution in [2.45, 2.75) is 37.8 Å². The van der Waals surface area contributed by atoms with Crippen LogP contribution in [0.4, 0.5) is 0 Å². The Morgan fingerprint density at radius 1 is 1.27 bits per heavy atom. The third-order valence-corrected chi connectivity index (χ3v) is 4.49. The number of nitrogens with zero attached hydrogens (tertiary/aromatic N) is 2. The van der Waals surface area contributed by atoms with Gasteiger partial charge in [-0.3, -0.25) is 4.79 Å². The topological polar surface area (TPSA) is 68.7 Å². The predicted molar refractivity (Wildman–Crippen MR) is 77.2 cm³/mol. The molecule has 0 bridgehead atoms. The van der Waals surface area contributed by atoms with E-state index in [0.717, 1.165) is 19.3 Å². The van der Waals surface area contributed by atoms with E-state index in [1.165, 1.54) is 6.42 Å². The van der Waals surface area contributed by atoms with Crippen molar-refractivity contribution in [3.8, 4) is 11.5 Å². The van der Waals surface area contributed by atoms with E-state index in [9.17, 15) is 4.79 Å². The van der Waals surface area contributed by atoms with E-state index in [4.69, 9.17) is 13.7 Å². The van der Waals surface area contributed by atoms with E-state index in [-0.39, 0.29) is 18.1 Å².